The zero-order chi connectivity index (χ0) is 15.9. The summed E-state index contributed by atoms with van der Waals surface area (Å²) in [6.45, 7) is -0.352. The van der Waals surface area contributed by atoms with Gasteiger partial charge in [-0.1, -0.05) is 0 Å². The molecule has 8 N–H and O–H groups in total. The van der Waals surface area contributed by atoms with E-state index in [9.17, 15) is 40.9 Å². The van der Waals surface area contributed by atoms with Crippen molar-refractivity contribution in [2.24, 2.45) is 0 Å². The summed E-state index contributed by atoms with van der Waals surface area (Å²) in [6.07, 6.45) is -16.4. The zero-order valence-electron chi connectivity index (χ0n) is 10.9. The van der Waals surface area contributed by atoms with Crippen molar-refractivity contribution in [2.75, 3.05) is 6.61 Å². The van der Waals surface area contributed by atoms with E-state index in [-0.39, 0.29) is 6.61 Å². The van der Waals surface area contributed by atoms with Crippen molar-refractivity contribution < 1.29 is 50.3 Å². The highest BCUT2D eigenvalue weighted by molar-refractivity contribution is 5.00. The Morgan fingerprint density at radius 3 is 1.62 bits per heavy atom. The van der Waals surface area contributed by atoms with Crippen molar-refractivity contribution in [3.05, 3.63) is 0 Å². The van der Waals surface area contributed by atoms with Crippen LogP contribution in [-0.4, -0.2) is 109 Å². The highest BCUT2D eigenvalue weighted by Gasteiger charge is 2.51. The molecular weight excluding hydrogens is 292 g/mol. The molecule has 10 heteroatoms. The van der Waals surface area contributed by atoms with Crippen LogP contribution in [0.15, 0.2) is 0 Å². The van der Waals surface area contributed by atoms with Crippen LogP contribution in [0.5, 0.6) is 0 Å². The van der Waals surface area contributed by atoms with Gasteiger partial charge in [0.2, 0.25) is 0 Å². The van der Waals surface area contributed by atoms with Crippen LogP contribution in [0.1, 0.15) is 0 Å². The van der Waals surface area contributed by atoms with E-state index < -0.39 is 61.2 Å². The van der Waals surface area contributed by atoms with Gasteiger partial charge in [-0.25, -0.2) is 0 Å². The Bertz CT molecular complexity index is 338. The van der Waals surface area contributed by atoms with E-state index in [1.807, 2.05) is 0 Å². The number of rotatable bonds is 2. The van der Waals surface area contributed by atoms with Gasteiger partial charge in [0.15, 0.2) is 6.29 Å². The lowest BCUT2D eigenvalue weighted by atomic mass is 9.85. The van der Waals surface area contributed by atoms with Crippen molar-refractivity contribution in [3.8, 4) is 0 Å². The third-order valence-electron chi connectivity index (χ3n) is 3.82. The van der Waals surface area contributed by atoms with Crippen LogP contribution in [-0.2, 0) is 9.47 Å². The maximum absolute atomic E-state index is 9.78. The summed E-state index contributed by atoms with van der Waals surface area (Å²) in [6, 6.07) is 0. The van der Waals surface area contributed by atoms with Crippen molar-refractivity contribution in [1.29, 1.82) is 0 Å². The Labute approximate surface area is 119 Å². The van der Waals surface area contributed by atoms with E-state index in [4.69, 9.17) is 9.47 Å². The molecule has 3 unspecified atom stereocenters. The zero-order valence-corrected chi connectivity index (χ0v) is 10.9. The smallest absolute Gasteiger partial charge is 0.186 e. The molecule has 10 nitrogen and oxygen atoms in total. The Morgan fingerprint density at radius 1 is 0.619 bits per heavy atom. The topological polar surface area (TPSA) is 180 Å². The standard InChI is InChI=1S/C11H20O10/c12-2-1-20-11(9(19)3(2)13)21-10-7(17)5(15)4(14)6(16)8(10)18/h2-19H,1H2/t2-,3-,4?,5-,6+,7+,8+,9+,10?,11?/m1/s1. The van der Waals surface area contributed by atoms with Gasteiger partial charge in [-0.3, -0.25) is 0 Å². The van der Waals surface area contributed by atoms with Gasteiger partial charge in [0.1, 0.15) is 54.9 Å². The van der Waals surface area contributed by atoms with Gasteiger partial charge in [0.05, 0.1) is 6.61 Å². The summed E-state index contributed by atoms with van der Waals surface area (Å²) in [5, 5.41) is 76.6. The first-order valence-corrected chi connectivity index (χ1v) is 6.47. The Balaban J connectivity index is 2.07. The molecule has 2 rings (SSSR count). The second kappa shape index (κ2) is 6.38. The quantitative estimate of drug-likeness (QED) is 0.245. The average Bonchev–Trinajstić information content (AvgIpc) is 2.47. The summed E-state index contributed by atoms with van der Waals surface area (Å²) in [4.78, 5) is 0. The number of ether oxygens (including phenoxy) is 2. The fourth-order valence-electron chi connectivity index (χ4n) is 2.41. The third kappa shape index (κ3) is 3.05. The van der Waals surface area contributed by atoms with Gasteiger partial charge in [0, 0.05) is 0 Å². The van der Waals surface area contributed by atoms with E-state index in [1.54, 1.807) is 0 Å². The minimum Gasteiger partial charge on any atom is -0.388 e. The molecule has 1 aliphatic carbocycles. The summed E-state index contributed by atoms with van der Waals surface area (Å²) in [5.41, 5.74) is 0. The molecule has 21 heavy (non-hydrogen) atoms. The van der Waals surface area contributed by atoms with Crippen LogP contribution in [0.4, 0.5) is 0 Å². The summed E-state index contributed by atoms with van der Waals surface area (Å²) in [7, 11) is 0. The molecule has 0 amide bonds. The van der Waals surface area contributed by atoms with Crippen molar-refractivity contribution >= 4 is 0 Å². The normalized spacial score (nSPS) is 55.4. The van der Waals surface area contributed by atoms with E-state index in [0.29, 0.717) is 0 Å². The van der Waals surface area contributed by atoms with E-state index in [1.165, 1.54) is 0 Å². The van der Waals surface area contributed by atoms with Crippen LogP contribution in [0.2, 0.25) is 0 Å². The maximum Gasteiger partial charge on any atom is 0.186 e. The molecule has 0 aromatic rings. The van der Waals surface area contributed by atoms with Crippen LogP contribution in [0.3, 0.4) is 0 Å². The first kappa shape index (κ1) is 17.0. The molecular formula is C11H20O10. The number of aliphatic hydroxyl groups excluding tert-OH is 8. The van der Waals surface area contributed by atoms with Crippen molar-refractivity contribution in [2.45, 2.75) is 61.2 Å². The molecule has 0 bridgehead atoms. The highest BCUT2D eigenvalue weighted by Crippen LogP contribution is 2.27. The number of hydrogen-bond donors (Lipinski definition) is 8. The van der Waals surface area contributed by atoms with Gasteiger partial charge in [-0.15, -0.1) is 0 Å². The Kier molecular flexibility index (Phi) is 5.15. The molecule has 2 aliphatic rings. The molecule has 1 aliphatic heterocycles. The molecule has 0 aromatic heterocycles. The molecule has 2 fully saturated rings. The van der Waals surface area contributed by atoms with Crippen molar-refractivity contribution in [1.82, 2.24) is 0 Å². The molecule has 1 saturated heterocycles. The van der Waals surface area contributed by atoms with Gasteiger partial charge in [-0.2, -0.15) is 0 Å². The van der Waals surface area contributed by atoms with Crippen molar-refractivity contribution in [3.63, 3.8) is 0 Å². The lowest BCUT2D eigenvalue weighted by Crippen LogP contribution is -2.66. The fraction of sp³-hybridized carbons (Fsp3) is 1.00. The largest absolute Gasteiger partial charge is 0.388 e. The van der Waals surface area contributed by atoms with E-state index in [2.05, 4.69) is 0 Å². The molecule has 1 heterocycles. The minimum absolute atomic E-state index is 0.352. The first-order chi connectivity index (χ1) is 9.75. The lowest BCUT2D eigenvalue weighted by Gasteiger charge is -2.44. The second-order valence-corrected chi connectivity index (χ2v) is 5.30. The third-order valence-corrected chi connectivity index (χ3v) is 3.82. The van der Waals surface area contributed by atoms with E-state index >= 15 is 0 Å². The molecule has 0 spiro atoms. The number of hydrogen-bond acceptors (Lipinski definition) is 10. The van der Waals surface area contributed by atoms with Gasteiger partial charge in [0.25, 0.3) is 0 Å². The fourth-order valence-corrected chi connectivity index (χ4v) is 2.41. The number of aliphatic hydroxyl groups is 8. The van der Waals surface area contributed by atoms with Gasteiger partial charge in [-0.05, 0) is 0 Å². The lowest BCUT2D eigenvalue weighted by molar-refractivity contribution is -0.320. The monoisotopic (exact) mass is 312 g/mol. The minimum atomic E-state index is -1.77. The summed E-state index contributed by atoms with van der Waals surface area (Å²) in [5.74, 6) is 0. The second-order valence-electron chi connectivity index (χ2n) is 5.30. The molecule has 0 radical (unpaired) electrons. The van der Waals surface area contributed by atoms with Crippen LogP contribution in [0.25, 0.3) is 0 Å². The Morgan fingerprint density at radius 2 is 1.10 bits per heavy atom. The van der Waals surface area contributed by atoms with Crippen LogP contribution in [0, 0.1) is 0 Å². The van der Waals surface area contributed by atoms with Gasteiger partial charge >= 0.3 is 0 Å². The summed E-state index contributed by atoms with van der Waals surface area (Å²) >= 11 is 0. The molecule has 0 aromatic carbocycles. The summed E-state index contributed by atoms with van der Waals surface area (Å²) < 4.78 is 10.0. The predicted octanol–water partition coefficient (Wildman–Crippen LogP) is -5.37. The molecule has 124 valence electrons. The van der Waals surface area contributed by atoms with Crippen LogP contribution >= 0.6 is 0 Å². The Hall–Kier alpha value is -0.400. The first-order valence-electron chi connectivity index (χ1n) is 6.47. The van der Waals surface area contributed by atoms with Gasteiger partial charge < -0.3 is 50.3 Å². The van der Waals surface area contributed by atoms with Crippen LogP contribution < -0.4 is 0 Å². The SMILES string of the molecule is OC1[C@@H](O)[C@H](O)C(OC2OC[C@@H](O)[C@@H](O)[C@@H]2O)[C@@H](O)[C@H]1O. The molecule has 1 saturated carbocycles. The predicted molar refractivity (Wildman–Crippen MR) is 62.7 cm³/mol. The average molecular weight is 312 g/mol. The molecule has 10 atom stereocenters. The highest BCUT2D eigenvalue weighted by atomic mass is 16.7. The van der Waals surface area contributed by atoms with E-state index in [0.717, 1.165) is 0 Å². The maximum atomic E-state index is 9.78.